The Bertz CT molecular complexity index is 908. The van der Waals surface area contributed by atoms with Crippen LogP contribution in [-0.2, 0) is 9.53 Å². The van der Waals surface area contributed by atoms with Gasteiger partial charge in [0.05, 0.1) is 12.7 Å². The van der Waals surface area contributed by atoms with Crippen LogP contribution in [0.5, 0.6) is 11.5 Å². The van der Waals surface area contributed by atoms with Crippen LogP contribution in [0.1, 0.15) is 40.4 Å². The van der Waals surface area contributed by atoms with Crippen LogP contribution in [-0.4, -0.2) is 23.8 Å². The standard InChI is InChI=1S/C20H16O5/c1-24-12-7-5-11(6-8-12)16-10-9-14-18(22)19(23)17-13(20(14)25-16)3-2-4-15(17)21/h2-8,16,21H,9-10H2,1H3. The molecule has 4 rings (SSSR count). The average Bonchev–Trinajstić information content (AvgIpc) is 2.65. The van der Waals surface area contributed by atoms with Crippen molar-refractivity contribution in [2.24, 2.45) is 0 Å². The van der Waals surface area contributed by atoms with Gasteiger partial charge in [-0.05, 0) is 36.6 Å². The van der Waals surface area contributed by atoms with E-state index < -0.39 is 11.6 Å². The lowest BCUT2D eigenvalue weighted by Gasteiger charge is -2.31. The topological polar surface area (TPSA) is 72.8 Å². The first-order valence-electron chi connectivity index (χ1n) is 8.05. The van der Waals surface area contributed by atoms with Gasteiger partial charge in [-0.1, -0.05) is 24.3 Å². The van der Waals surface area contributed by atoms with E-state index in [1.807, 2.05) is 24.3 Å². The molecule has 2 aromatic rings. The second kappa shape index (κ2) is 5.77. The third kappa shape index (κ3) is 2.39. The first-order chi connectivity index (χ1) is 12.1. The molecule has 1 aliphatic carbocycles. The summed E-state index contributed by atoms with van der Waals surface area (Å²) in [5.41, 5.74) is 1.88. The quantitative estimate of drug-likeness (QED) is 0.851. The molecule has 0 bridgehead atoms. The maximum absolute atomic E-state index is 12.4. The van der Waals surface area contributed by atoms with Crippen LogP contribution < -0.4 is 4.74 Å². The van der Waals surface area contributed by atoms with Crippen molar-refractivity contribution in [1.82, 2.24) is 0 Å². The number of carbonyl (C=O) groups is 2. The minimum atomic E-state index is -0.668. The predicted octanol–water partition coefficient (Wildman–Crippen LogP) is 3.43. The van der Waals surface area contributed by atoms with Crippen molar-refractivity contribution < 1.29 is 24.2 Å². The summed E-state index contributed by atoms with van der Waals surface area (Å²) in [7, 11) is 1.61. The first-order valence-corrected chi connectivity index (χ1v) is 8.05. The summed E-state index contributed by atoms with van der Waals surface area (Å²) in [5.74, 6) is -0.288. The lowest BCUT2D eigenvalue weighted by Crippen LogP contribution is -2.28. The fourth-order valence-corrected chi connectivity index (χ4v) is 3.38. The van der Waals surface area contributed by atoms with E-state index >= 15 is 0 Å². The number of aromatic hydroxyl groups is 1. The molecule has 1 aliphatic heterocycles. The Labute approximate surface area is 144 Å². The summed E-state index contributed by atoms with van der Waals surface area (Å²) in [6.45, 7) is 0. The molecule has 1 heterocycles. The highest BCUT2D eigenvalue weighted by Gasteiger charge is 2.39. The van der Waals surface area contributed by atoms with E-state index in [0.29, 0.717) is 29.7 Å². The lowest BCUT2D eigenvalue weighted by molar-refractivity contribution is -0.112. The number of allylic oxidation sites excluding steroid dienone is 1. The molecule has 2 aliphatic rings. The molecule has 126 valence electrons. The number of fused-ring (bicyclic) bond motifs is 2. The van der Waals surface area contributed by atoms with Crippen LogP contribution >= 0.6 is 0 Å². The zero-order valence-electron chi connectivity index (χ0n) is 13.6. The van der Waals surface area contributed by atoms with Crippen molar-refractivity contribution in [3.8, 4) is 11.5 Å². The number of carbonyl (C=O) groups excluding carboxylic acids is 2. The van der Waals surface area contributed by atoms with Crippen LogP contribution in [0.25, 0.3) is 5.76 Å². The largest absolute Gasteiger partial charge is 0.507 e. The molecule has 0 amide bonds. The molecule has 0 radical (unpaired) electrons. The molecule has 0 saturated heterocycles. The van der Waals surface area contributed by atoms with Crippen LogP contribution in [0.3, 0.4) is 0 Å². The molecule has 0 saturated carbocycles. The molecule has 0 fully saturated rings. The SMILES string of the molecule is COc1ccc(C2CCC3=C(O2)c2cccc(O)c2C(=O)C3=O)cc1. The summed E-state index contributed by atoms with van der Waals surface area (Å²) in [6.07, 6.45) is 0.852. The maximum atomic E-state index is 12.4. The number of methoxy groups -OCH3 is 1. The maximum Gasteiger partial charge on any atom is 0.237 e. The van der Waals surface area contributed by atoms with Crippen LogP contribution in [0.15, 0.2) is 48.0 Å². The van der Waals surface area contributed by atoms with Gasteiger partial charge in [0.1, 0.15) is 23.4 Å². The molecule has 0 aromatic heterocycles. The van der Waals surface area contributed by atoms with E-state index in [1.54, 1.807) is 19.2 Å². The third-order valence-corrected chi connectivity index (χ3v) is 4.67. The number of benzene rings is 2. The highest BCUT2D eigenvalue weighted by Crippen LogP contribution is 2.44. The monoisotopic (exact) mass is 336 g/mol. The second-order valence-electron chi connectivity index (χ2n) is 6.08. The Balaban J connectivity index is 1.75. The fraction of sp³-hybridized carbons (Fsp3) is 0.200. The van der Waals surface area contributed by atoms with Crippen molar-refractivity contribution in [2.45, 2.75) is 18.9 Å². The number of hydrogen-bond donors (Lipinski definition) is 1. The van der Waals surface area contributed by atoms with E-state index in [1.165, 1.54) is 6.07 Å². The van der Waals surface area contributed by atoms with Crippen molar-refractivity contribution in [3.63, 3.8) is 0 Å². The van der Waals surface area contributed by atoms with Gasteiger partial charge < -0.3 is 14.6 Å². The average molecular weight is 336 g/mol. The predicted molar refractivity (Wildman–Crippen MR) is 90.4 cm³/mol. The van der Waals surface area contributed by atoms with Crippen LogP contribution in [0, 0.1) is 0 Å². The fourth-order valence-electron chi connectivity index (χ4n) is 3.38. The number of phenols is 1. The van der Waals surface area contributed by atoms with Gasteiger partial charge in [-0.3, -0.25) is 9.59 Å². The van der Waals surface area contributed by atoms with Gasteiger partial charge in [0.25, 0.3) is 0 Å². The Morgan fingerprint density at radius 1 is 1.08 bits per heavy atom. The van der Waals surface area contributed by atoms with Crippen molar-refractivity contribution in [3.05, 3.63) is 64.7 Å². The Hall–Kier alpha value is -3.08. The molecule has 0 spiro atoms. The summed E-state index contributed by atoms with van der Waals surface area (Å²) >= 11 is 0. The van der Waals surface area contributed by atoms with Crippen LogP contribution in [0.4, 0.5) is 0 Å². The highest BCUT2D eigenvalue weighted by atomic mass is 16.5. The molecule has 1 N–H and O–H groups in total. The first kappa shape index (κ1) is 15.4. The van der Waals surface area contributed by atoms with E-state index in [0.717, 1.165) is 11.3 Å². The number of Topliss-reactive ketones (excluding diaryl/α,β-unsaturated/α-hetero) is 2. The lowest BCUT2D eigenvalue weighted by atomic mass is 9.83. The van der Waals surface area contributed by atoms with Crippen molar-refractivity contribution in [1.29, 1.82) is 0 Å². The molecular weight excluding hydrogens is 320 g/mol. The Kier molecular flexibility index (Phi) is 3.57. The molecule has 25 heavy (non-hydrogen) atoms. The van der Waals surface area contributed by atoms with Crippen molar-refractivity contribution >= 4 is 17.3 Å². The van der Waals surface area contributed by atoms with Crippen LogP contribution in [0.2, 0.25) is 0 Å². The van der Waals surface area contributed by atoms with Gasteiger partial charge >= 0.3 is 0 Å². The van der Waals surface area contributed by atoms with Crippen molar-refractivity contribution in [2.75, 3.05) is 7.11 Å². The van der Waals surface area contributed by atoms with Gasteiger partial charge in [0, 0.05) is 11.1 Å². The number of rotatable bonds is 2. The smallest absolute Gasteiger partial charge is 0.237 e. The second-order valence-corrected chi connectivity index (χ2v) is 6.08. The molecular formula is C20H16O5. The minimum Gasteiger partial charge on any atom is -0.507 e. The minimum absolute atomic E-state index is 0.0293. The third-order valence-electron chi connectivity index (χ3n) is 4.67. The highest BCUT2D eigenvalue weighted by molar-refractivity contribution is 6.52. The molecule has 2 aromatic carbocycles. The Morgan fingerprint density at radius 2 is 1.84 bits per heavy atom. The number of phenolic OH excluding ortho intramolecular Hbond substituents is 1. The Morgan fingerprint density at radius 3 is 2.56 bits per heavy atom. The van der Waals surface area contributed by atoms with Gasteiger partial charge in [0.15, 0.2) is 0 Å². The zero-order valence-corrected chi connectivity index (χ0v) is 13.6. The zero-order chi connectivity index (χ0) is 17.6. The molecule has 1 unspecified atom stereocenters. The molecule has 5 heteroatoms. The van der Waals surface area contributed by atoms with E-state index in [-0.39, 0.29) is 17.4 Å². The van der Waals surface area contributed by atoms with E-state index in [4.69, 9.17) is 9.47 Å². The number of hydrogen-bond acceptors (Lipinski definition) is 5. The number of ketones is 2. The summed E-state index contributed by atoms with van der Waals surface area (Å²) in [5, 5.41) is 10.0. The summed E-state index contributed by atoms with van der Waals surface area (Å²) in [4.78, 5) is 24.7. The van der Waals surface area contributed by atoms with E-state index in [9.17, 15) is 14.7 Å². The number of ether oxygens (including phenoxy) is 2. The summed E-state index contributed by atoms with van der Waals surface area (Å²) in [6, 6.07) is 12.3. The molecule has 1 atom stereocenters. The van der Waals surface area contributed by atoms with Gasteiger partial charge in [0.2, 0.25) is 11.6 Å². The van der Waals surface area contributed by atoms with Gasteiger partial charge in [-0.2, -0.15) is 0 Å². The normalized spacial score (nSPS) is 19.2. The van der Waals surface area contributed by atoms with Gasteiger partial charge in [-0.15, -0.1) is 0 Å². The molecule has 5 nitrogen and oxygen atoms in total. The van der Waals surface area contributed by atoms with Gasteiger partial charge in [-0.25, -0.2) is 0 Å². The van der Waals surface area contributed by atoms with E-state index in [2.05, 4.69) is 0 Å². The summed E-state index contributed by atoms with van der Waals surface area (Å²) < 4.78 is 11.3.